The van der Waals surface area contributed by atoms with Gasteiger partial charge >= 0.3 is 0 Å². The van der Waals surface area contributed by atoms with Crippen LogP contribution in [0.1, 0.15) is 64.2 Å². The smallest absolute Gasteiger partial charge is 0.00675 e. The highest BCUT2D eigenvalue weighted by Gasteiger charge is 1.92. The molecule has 17 heavy (non-hydrogen) atoms. The van der Waals surface area contributed by atoms with Gasteiger partial charge in [-0.1, -0.05) is 37.8 Å². The summed E-state index contributed by atoms with van der Waals surface area (Å²) in [5, 5.41) is 0. The Morgan fingerprint density at radius 1 is 0.588 bits per heavy atom. The third-order valence-corrected chi connectivity index (χ3v) is 4.05. The summed E-state index contributed by atoms with van der Waals surface area (Å²) in [5.41, 5.74) is 0. The van der Waals surface area contributed by atoms with E-state index < -0.39 is 0 Å². The third kappa shape index (κ3) is 15.8. The molecule has 0 aromatic heterocycles. The Balaban J connectivity index is 2.89. The summed E-state index contributed by atoms with van der Waals surface area (Å²) < 4.78 is 0. The van der Waals surface area contributed by atoms with Gasteiger partial charge in [0, 0.05) is 0 Å². The minimum Gasteiger partial charge on any atom is -0.162 e. The predicted octanol–water partition coefficient (Wildman–Crippen LogP) is 5.99. The molecular formula is C16H30S. The second-order valence-electron chi connectivity index (χ2n) is 4.60. The fourth-order valence-electron chi connectivity index (χ4n) is 1.79. The van der Waals surface area contributed by atoms with Crippen LogP contribution < -0.4 is 0 Å². The first-order valence-corrected chi connectivity index (χ1v) is 8.37. The van der Waals surface area contributed by atoms with Gasteiger partial charge < -0.3 is 0 Å². The molecule has 0 aliphatic heterocycles. The van der Waals surface area contributed by atoms with Crippen molar-refractivity contribution in [2.24, 2.45) is 0 Å². The molecule has 1 heteroatoms. The number of allylic oxidation sites excluding steroid dienone is 2. The molecule has 0 fully saturated rings. The maximum absolute atomic E-state index is 3.75. The SMILES string of the molecule is C=CCCCCCCSCCCCCCC=C. The number of thioether (sulfide) groups is 1. The molecule has 0 saturated heterocycles. The minimum atomic E-state index is 1.19. The summed E-state index contributed by atoms with van der Waals surface area (Å²) in [6, 6.07) is 0. The van der Waals surface area contributed by atoms with Crippen LogP contribution in [0.3, 0.4) is 0 Å². The molecule has 0 aromatic rings. The van der Waals surface area contributed by atoms with Crippen molar-refractivity contribution in [2.45, 2.75) is 64.2 Å². The molecule has 0 amide bonds. The van der Waals surface area contributed by atoms with E-state index in [4.69, 9.17) is 0 Å². The van der Waals surface area contributed by atoms with Crippen LogP contribution >= 0.6 is 11.8 Å². The molecule has 0 aliphatic rings. The maximum atomic E-state index is 3.75. The van der Waals surface area contributed by atoms with Crippen molar-refractivity contribution >= 4 is 11.8 Å². The van der Waals surface area contributed by atoms with Crippen molar-refractivity contribution in [3.05, 3.63) is 25.3 Å². The molecule has 0 aliphatic carbocycles. The highest BCUT2D eigenvalue weighted by molar-refractivity contribution is 7.99. The van der Waals surface area contributed by atoms with E-state index in [0.717, 1.165) is 0 Å². The quantitative estimate of drug-likeness (QED) is 0.271. The summed E-state index contributed by atoms with van der Waals surface area (Å²) in [5.74, 6) is 2.72. The number of unbranched alkanes of at least 4 members (excludes halogenated alkanes) is 8. The van der Waals surface area contributed by atoms with Crippen molar-refractivity contribution in [2.75, 3.05) is 11.5 Å². The van der Waals surface area contributed by atoms with E-state index in [0.29, 0.717) is 0 Å². The number of rotatable bonds is 14. The third-order valence-electron chi connectivity index (χ3n) is 2.89. The zero-order valence-corrected chi connectivity index (χ0v) is 12.3. The first-order valence-electron chi connectivity index (χ1n) is 7.21. The van der Waals surface area contributed by atoms with E-state index >= 15 is 0 Å². The zero-order valence-electron chi connectivity index (χ0n) is 11.5. The molecule has 0 N–H and O–H groups in total. The van der Waals surface area contributed by atoms with Gasteiger partial charge in [-0.15, -0.1) is 13.2 Å². The lowest BCUT2D eigenvalue weighted by molar-refractivity contribution is 0.673. The second kappa shape index (κ2) is 15.8. The molecule has 0 radical (unpaired) electrons. The molecule has 100 valence electrons. The van der Waals surface area contributed by atoms with E-state index in [1.165, 1.54) is 75.7 Å². The van der Waals surface area contributed by atoms with Crippen molar-refractivity contribution in [3.8, 4) is 0 Å². The molecule has 0 rings (SSSR count). The Labute approximate surface area is 113 Å². The number of hydrogen-bond donors (Lipinski definition) is 0. The van der Waals surface area contributed by atoms with Gasteiger partial charge in [0.25, 0.3) is 0 Å². The summed E-state index contributed by atoms with van der Waals surface area (Å²) in [7, 11) is 0. The van der Waals surface area contributed by atoms with E-state index in [9.17, 15) is 0 Å². The van der Waals surface area contributed by atoms with Crippen molar-refractivity contribution < 1.29 is 0 Å². The Kier molecular flexibility index (Phi) is 15.7. The average molecular weight is 254 g/mol. The van der Waals surface area contributed by atoms with Gasteiger partial charge in [0.1, 0.15) is 0 Å². The highest BCUT2D eigenvalue weighted by atomic mass is 32.2. The second-order valence-corrected chi connectivity index (χ2v) is 5.82. The molecule has 0 bridgehead atoms. The molecule has 0 aromatic carbocycles. The average Bonchev–Trinajstić information content (AvgIpc) is 2.35. The fourth-order valence-corrected chi connectivity index (χ4v) is 2.82. The molecule has 0 nitrogen and oxygen atoms in total. The normalized spacial score (nSPS) is 10.4. The van der Waals surface area contributed by atoms with Crippen LogP contribution in [-0.4, -0.2) is 11.5 Å². The minimum absolute atomic E-state index is 1.19. The summed E-state index contributed by atoms with van der Waals surface area (Å²) in [6.07, 6.45) is 17.5. The first-order chi connectivity index (χ1) is 8.41. The molecule has 0 atom stereocenters. The van der Waals surface area contributed by atoms with Gasteiger partial charge in [-0.25, -0.2) is 0 Å². The molecular weight excluding hydrogens is 224 g/mol. The van der Waals surface area contributed by atoms with Gasteiger partial charge in [-0.2, -0.15) is 11.8 Å². The Morgan fingerprint density at radius 3 is 1.41 bits per heavy atom. The standard InChI is InChI=1S/C16H30S/c1-3-5-7-9-11-13-15-17-16-14-12-10-8-6-4-2/h3-4H,1-2,5-16H2. The van der Waals surface area contributed by atoms with Gasteiger partial charge in [0.2, 0.25) is 0 Å². The molecule has 0 saturated carbocycles. The topological polar surface area (TPSA) is 0 Å². The Morgan fingerprint density at radius 2 is 1.00 bits per heavy atom. The summed E-state index contributed by atoms with van der Waals surface area (Å²) in [4.78, 5) is 0. The zero-order chi connectivity index (χ0) is 12.6. The van der Waals surface area contributed by atoms with Crippen LogP contribution in [-0.2, 0) is 0 Å². The van der Waals surface area contributed by atoms with Crippen LogP contribution in [0.15, 0.2) is 25.3 Å². The van der Waals surface area contributed by atoms with Gasteiger partial charge in [-0.05, 0) is 50.0 Å². The van der Waals surface area contributed by atoms with E-state index in [-0.39, 0.29) is 0 Å². The van der Waals surface area contributed by atoms with Crippen LogP contribution in [0.4, 0.5) is 0 Å². The summed E-state index contributed by atoms with van der Waals surface area (Å²) >= 11 is 2.14. The number of hydrogen-bond acceptors (Lipinski definition) is 1. The predicted molar refractivity (Wildman–Crippen MR) is 83.9 cm³/mol. The van der Waals surface area contributed by atoms with Gasteiger partial charge in [0.15, 0.2) is 0 Å². The molecule has 0 spiro atoms. The maximum Gasteiger partial charge on any atom is -0.00675 e. The van der Waals surface area contributed by atoms with Crippen LogP contribution in [0.2, 0.25) is 0 Å². The van der Waals surface area contributed by atoms with E-state index in [1.54, 1.807) is 0 Å². The van der Waals surface area contributed by atoms with Crippen LogP contribution in [0, 0.1) is 0 Å². The van der Waals surface area contributed by atoms with E-state index in [1.807, 2.05) is 12.2 Å². The lowest BCUT2D eigenvalue weighted by atomic mass is 10.1. The summed E-state index contributed by atoms with van der Waals surface area (Å²) in [6.45, 7) is 7.49. The van der Waals surface area contributed by atoms with Gasteiger partial charge in [0.05, 0.1) is 0 Å². The highest BCUT2D eigenvalue weighted by Crippen LogP contribution is 2.12. The first kappa shape index (κ1) is 16.8. The van der Waals surface area contributed by atoms with Crippen LogP contribution in [0.25, 0.3) is 0 Å². The van der Waals surface area contributed by atoms with E-state index in [2.05, 4.69) is 24.9 Å². The molecule has 0 unspecified atom stereocenters. The molecule has 0 heterocycles. The largest absolute Gasteiger partial charge is 0.162 e. The van der Waals surface area contributed by atoms with Gasteiger partial charge in [-0.3, -0.25) is 0 Å². The van der Waals surface area contributed by atoms with Crippen molar-refractivity contribution in [1.82, 2.24) is 0 Å². The van der Waals surface area contributed by atoms with Crippen molar-refractivity contribution in [3.63, 3.8) is 0 Å². The Bertz CT molecular complexity index is 145. The lowest BCUT2D eigenvalue weighted by Crippen LogP contribution is -1.86. The fraction of sp³-hybridized carbons (Fsp3) is 0.750. The monoisotopic (exact) mass is 254 g/mol. The lowest BCUT2D eigenvalue weighted by Gasteiger charge is -2.02. The van der Waals surface area contributed by atoms with Crippen LogP contribution in [0.5, 0.6) is 0 Å². The van der Waals surface area contributed by atoms with Crippen molar-refractivity contribution in [1.29, 1.82) is 0 Å². The Hall–Kier alpha value is -0.170.